The Balaban J connectivity index is 1.36. The minimum Gasteiger partial charge on any atom is -0.444 e. The summed E-state index contributed by atoms with van der Waals surface area (Å²) in [5.41, 5.74) is -2.13. The quantitative estimate of drug-likeness (QED) is 0.620. The number of halogens is 3. The van der Waals surface area contributed by atoms with Crippen molar-refractivity contribution >= 4 is 23.5 Å². The van der Waals surface area contributed by atoms with E-state index < -0.39 is 35.5 Å². The standard InChI is InChI=1S/C26H32F3N5O4/c1-24(2,3)38-23(36)30-17-7-5-16(6-8-17)9-10-34-22-31-20(32-13-19-11-18(32)14-37-19)12-21(35)33(22)15-25(34,4)26(27,28)29/h5-8,12,18-19H,9-11,13-15H2,1-4H3,(H,30,36). The summed E-state index contributed by atoms with van der Waals surface area (Å²) in [4.78, 5) is 32.7. The highest BCUT2D eigenvalue weighted by molar-refractivity contribution is 5.84. The molecule has 1 N–H and O–H groups in total. The molecule has 0 aliphatic carbocycles. The second-order valence-corrected chi connectivity index (χ2v) is 11.3. The molecule has 38 heavy (non-hydrogen) atoms. The summed E-state index contributed by atoms with van der Waals surface area (Å²) in [6.07, 6.45) is -4.02. The highest BCUT2D eigenvalue weighted by atomic mass is 19.4. The molecule has 0 radical (unpaired) electrons. The van der Waals surface area contributed by atoms with Crippen LogP contribution >= 0.6 is 0 Å². The molecule has 0 spiro atoms. The molecule has 9 nitrogen and oxygen atoms in total. The number of nitrogens with one attached hydrogen (secondary N) is 1. The Kier molecular flexibility index (Phi) is 6.36. The van der Waals surface area contributed by atoms with Crippen LogP contribution in [-0.4, -0.2) is 64.8 Å². The van der Waals surface area contributed by atoms with Crippen molar-refractivity contribution in [3.05, 3.63) is 46.2 Å². The Morgan fingerprint density at radius 2 is 1.95 bits per heavy atom. The molecule has 1 aromatic heterocycles. The van der Waals surface area contributed by atoms with E-state index in [9.17, 15) is 22.8 Å². The van der Waals surface area contributed by atoms with Crippen LogP contribution in [0.5, 0.6) is 0 Å². The number of fused-ring (bicyclic) bond motifs is 3. The molecule has 3 aliphatic heterocycles. The van der Waals surface area contributed by atoms with Gasteiger partial charge in [-0.3, -0.25) is 14.7 Å². The fourth-order valence-electron chi connectivity index (χ4n) is 5.28. The number of hydrogen-bond donors (Lipinski definition) is 1. The Hall–Kier alpha value is -3.28. The molecule has 1 amide bonds. The van der Waals surface area contributed by atoms with Crippen molar-refractivity contribution in [2.45, 2.75) is 76.5 Å². The van der Waals surface area contributed by atoms with E-state index in [1.165, 1.54) is 11.0 Å². The van der Waals surface area contributed by atoms with Crippen LogP contribution in [0.15, 0.2) is 35.1 Å². The molecule has 3 unspecified atom stereocenters. The molecular weight excluding hydrogens is 503 g/mol. The number of morpholine rings is 1. The molecule has 4 heterocycles. The highest BCUT2D eigenvalue weighted by Crippen LogP contribution is 2.44. The summed E-state index contributed by atoms with van der Waals surface area (Å²) in [6.45, 7) is 6.96. The zero-order valence-electron chi connectivity index (χ0n) is 21.8. The molecule has 1 aromatic carbocycles. The molecule has 12 heteroatoms. The zero-order valence-corrected chi connectivity index (χ0v) is 21.8. The average molecular weight is 536 g/mol. The van der Waals surface area contributed by atoms with Gasteiger partial charge in [0.2, 0.25) is 5.95 Å². The first-order valence-electron chi connectivity index (χ1n) is 12.7. The summed E-state index contributed by atoms with van der Waals surface area (Å²) in [5.74, 6) is 0.422. The minimum absolute atomic E-state index is 0.0000902. The highest BCUT2D eigenvalue weighted by Gasteiger charge is 2.59. The van der Waals surface area contributed by atoms with Crippen LogP contribution < -0.4 is 20.7 Å². The van der Waals surface area contributed by atoms with Crippen LogP contribution in [0.4, 0.5) is 35.4 Å². The lowest BCUT2D eigenvalue weighted by Gasteiger charge is -2.37. The van der Waals surface area contributed by atoms with Crippen molar-refractivity contribution in [2.75, 3.05) is 34.8 Å². The number of aromatic nitrogens is 2. The van der Waals surface area contributed by atoms with E-state index in [0.29, 0.717) is 24.7 Å². The number of amides is 1. The molecule has 2 bridgehead atoms. The SMILES string of the molecule is CC(C)(C)OC(=O)Nc1ccc(CCN2c3nc(N4CC5CC4CO5)cc(=O)n3CC2(C)C(F)(F)F)cc1. The summed E-state index contributed by atoms with van der Waals surface area (Å²) in [7, 11) is 0. The van der Waals surface area contributed by atoms with E-state index in [4.69, 9.17) is 9.47 Å². The van der Waals surface area contributed by atoms with Gasteiger partial charge in [0, 0.05) is 24.8 Å². The average Bonchev–Trinajstić information content (AvgIpc) is 3.51. The van der Waals surface area contributed by atoms with E-state index in [1.807, 2.05) is 4.90 Å². The van der Waals surface area contributed by atoms with Crippen LogP contribution in [0, 0.1) is 0 Å². The van der Waals surface area contributed by atoms with E-state index in [0.717, 1.165) is 23.5 Å². The molecule has 2 aromatic rings. The normalized spacial score (nSPS) is 24.6. The first-order valence-corrected chi connectivity index (χ1v) is 12.7. The zero-order chi connectivity index (χ0) is 27.5. The summed E-state index contributed by atoms with van der Waals surface area (Å²) < 4.78 is 55.1. The van der Waals surface area contributed by atoms with Crippen molar-refractivity contribution in [3.8, 4) is 0 Å². The second kappa shape index (κ2) is 9.18. The number of carbonyl (C=O) groups excluding carboxylic acids is 1. The van der Waals surface area contributed by atoms with Gasteiger partial charge >= 0.3 is 12.3 Å². The van der Waals surface area contributed by atoms with E-state index in [-0.39, 0.29) is 31.1 Å². The monoisotopic (exact) mass is 535 g/mol. The van der Waals surface area contributed by atoms with Crippen LogP contribution in [0.2, 0.25) is 0 Å². The van der Waals surface area contributed by atoms with Gasteiger partial charge in [0.05, 0.1) is 25.3 Å². The predicted molar refractivity (Wildman–Crippen MR) is 136 cm³/mol. The number of ether oxygens (including phenoxy) is 2. The third kappa shape index (κ3) is 4.93. The van der Waals surface area contributed by atoms with Gasteiger partial charge < -0.3 is 19.3 Å². The Labute approximate surface area is 218 Å². The Morgan fingerprint density at radius 1 is 1.24 bits per heavy atom. The molecule has 2 fully saturated rings. The van der Waals surface area contributed by atoms with E-state index in [2.05, 4.69) is 10.3 Å². The van der Waals surface area contributed by atoms with Crippen molar-refractivity contribution < 1.29 is 27.4 Å². The van der Waals surface area contributed by atoms with Gasteiger partial charge in [-0.1, -0.05) is 12.1 Å². The lowest BCUT2D eigenvalue weighted by Crippen LogP contribution is -2.56. The molecule has 0 saturated carbocycles. The number of nitrogens with zero attached hydrogens (tertiary/aromatic N) is 4. The van der Waals surface area contributed by atoms with Crippen molar-refractivity contribution in [2.24, 2.45) is 0 Å². The number of benzene rings is 1. The van der Waals surface area contributed by atoms with Crippen molar-refractivity contribution in [1.29, 1.82) is 0 Å². The van der Waals surface area contributed by atoms with Crippen LogP contribution in [-0.2, 0) is 22.4 Å². The first kappa shape index (κ1) is 26.3. The van der Waals surface area contributed by atoms with Crippen LogP contribution in [0.25, 0.3) is 0 Å². The fraction of sp³-hybridized carbons (Fsp3) is 0.577. The van der Waals surface area contributed by atoms with E-state index in [1.54, 1.807) is 45.0 Å². The summed E-state index contributed by atoms with van der Waals surface area (Å²) >= 11 is 0. The van der Waals surface area contributed by atoms with Gasteiger partial charge in [0.25, 0.3) is 5.56 Å². The van der Waals surface area contributed by atoms with Crippen LogP contribution in [0.1, 0.15) is 39.7 Å². The topological polar surface area (TPSA) is 88.9 Å². The van der Waals surface area contributed by atoms with Crippen LogP contribution in [0.3, 0.4) is 0 Å². The van der Waals surface area contributed by atoms with Gasteiger partial charge in [-0.25, -0.2) is 4.79 Å². The molecule has 206 valence electrons. The second-order valence-electron chi connectivity index (χ2n) is 11.3. The number of rotatable bonds is 5. The third-order valence-electron chi connectivity index (χ3n) is 7.31. The van der Waals surface area contributed by atoms with Gasteiger partial charge in [-0.05, 0) is 58.2 Å². The first-order chi connectivity index (χ1) is 17.7. The maximum Gasteiger partial charge on any atom is 0.413 e. The molecule has 5 rings (SSSR count). The van der Waals surface area contributed by atoms with E-state index >= 15 is 0 Å². The summed E-state index contributed by atoms with van der Waals surface area (Å²) in [6, 6.07) is 8.24. The number of alkyl halides is 3. The molecular formula is C26H32F3N5O4. The summed E-state index contributed by atoms with van der Waals surface area (Å²) in [5, 5.41) is 2.64. The minimum atomic E-state index is -4.59. The number of carbonyl (C=O) groups is 1. The molecule has 3 aliphatic rings. The number of hydrogen-bond acceptors (Lipinski definition) is 7. The Morgan fingerprint density at radius 3 is 2.53 bits per heavy atom. The lowest BCUT2D eigenvalue weighted by atomic mass is 10.00. The Bertz CT molecular complexity index is 1270. The fourth-order valence-corrected chi connectivity index (χ4v) is 5.28. The maximum absolute atomic E-state index is 14.4. The van der Waals surface area contributed by atoms with Gasteiger partial charge in [0.1, 0.15) is 11.4 Å². The number of anilines is 3. The maximum atomic E-state index is 14.4. The van der Waals surface area contributed by atoms with Gasteiger partial charge in [-0.2, -0.15) is 18.2 Å². The smallest absolute Gasteiger partial charge is 0.413 e. The largest absolute Gasteiger partial charge is 0.444 e. The third-order valence-corrected chi connectivity index (χ3v) is 7.31. The van der Waals surface area contributed by atoms with Gasteiger partial charge in [-0.15, -0.1) is 0 Å². The van der Waals surface area contributed by atoms with Crippen molar-refractivity contribution in [1.82, 2.24) is 9.55 Å². The van der Waals surface area contributed by atoms with Gasteiger partial charge in [0.15, 0.2) is 5.54 Å². The molecule has 3 atom stereocenters. The molecule has 2 saturated heterocycles. The predicted octanol–water partition coefficient (Wildman–Crippen LogP) is 3.95. The van der Waals surface area contributed by atoms with Crippen molar-refractivity contribution in [3.63, 3.8) is 0 Å². The lowest BCUT2D eigenvalue weighted by molar-refractivity contribution is -0.182.